The molecule has 0 radical (unpaired) electrons. The van der Waals surface area contributed by atoms with Crippen molar-refractivity contribution in [3.05, 3.63) is 182 Å². The first kappa shape index (κ1) is 40.6. The van der Waals surface area contributed by atoms with Crippen LogP contribution in [-0.2, 0) is 44.9 Å². The van der Waals surface area contributed by atoms with Crippen LogP contribution in [0.5, 0.6) is 0 Å². The van der Waals surface area contributed by atoms with Crippen LogP contribution in [0.25, 0.3) is 32.8 Å². The molecule has 0 atom stereocenters. The second kappa shape index (κ2) is 17.7. The predicted octanol–water partition coefficient (Wildman–Crippen LogP) is 8.13. The molecule has 314 valence electrons. The molecule has 4 heterocycles. The highest BCUT2D eigenvalue weighted by atomic mass is 32.1. The third-order valence-corrected chi connectivity index (χ3v) is 11.6. The summed E-state index contributed by atoms with van der Waals surface area (Å²) in [6.07, 6.45) is 6.13. The number of ether oxygens (including phenoxy) is 1. The summed E-state index contributed by atoms with van der Waals surface area (Å²) in [5, 5.41) is 16.9. The largest absolute Gasteiger partial charge is 0.456 e. The lowest BCUT2D eigenvalue weighted by Crippen LogP contribution is -2.25. The van der Waals surface area contributed by atoms with Crippen molar-refractivity contribution in [2.24, 2.45) is 14.1 Å². The Kier molecular flexibility index (Phi) is 11.4. The minimum Gasteiger partial charge on any atom is -0.456 e. The van der Waals surface area contributed by atoms with Crippen LogP contribution in [0.15, 0.2) is 143 Å². The first-order chi connectivity index (χ1) is 30.6. The number of hydrogen-bond acceptors (Lipinski definition) is 11. The Morgan fingerprint density at radius 2 is 1.43 bits per heavy atom. The van der Waals surface area contributed by atoms with Gasteiger partial charge in [-0.05, 0) is 89.8 Å². The lowest BCUT2D eigenvalue weighted by Gasteiger charge is -2.23. The zero-order valence-electron chi connectivity index (χ0n) is 34.3. The van der Waals surface area contributed by atoms with Crippen LogP contribution in [0.2, 0.25) is 0 Å². The highest BCUT2D eigenvalue weighted by Crippen LogP contribution is 2.25. The van der Waals surface area contributed by atoms with Crippen LogP contribution in [0.1, 0.15) is 52.8 Å². The molecule has 0 saturated carbocycles. The zero-order valence-corrected chi connectivity index (χ0v) is 35.1. The molecule has 0 spiro atoms. The third-order valence-electron chi connectivity index (χ3n) is 10.8. The van der Waals surface area contributed by atoms with Crippen molar-refractivity contribution in [3.8, 4) is 0 Å². The summed E-state index contributed by atoms with van der Waals surface area (Å²) in [6, 6.07) is 32.4. The Hall–Kier alpha value is -7.75. The molecule has 0 aliphatic carbocycles. The molecule has 2 amide bonds. The number of aromatic nitrogens is 5. The van der Waals surface area contributed by atoms with Gasteiger partial charge in [0.15, 0.2) is 11.2 Å². The van der Waals surface area contributed by atoms with Crippen LogP contribution in [-0.4, -0.2) is 53.8 Å². The Bertz CT molecular complexity index is 3130. The number of rotatable bonds is 14. The molecule has 4 aromatic heterocycles. The van der Waals surface area contributed by atoms with Crippen LogP contribution >= 0.6 is 11.3 Å². The van der Waals surface area contributed by atoms with Gasteiger partial charge < -0.3 is 19.8 Å². The average molecular weight is 857 g/mol. The van der Waals surface area contributed by atoms with Gasteiger partial charge >= 0.3 is 5.97 Å². The number of nitrogens with zero attached hydrogens (tertiary/aromatic N) is 6. The van der Waals surface area contributed by atoms with Crippen LogP contribution in [0.4, 0.5) is 11.4 Å². The van der Waals surface area contributed by atoms with Crippen molar-refractivity contribution in [2.45, 2.75) is 26.1 Å². The molecule has 0 fully saturated rings. The minimum atomic E-state index is -0.782. The number of carbonyl (C=O) groups excluding carboxylic acids is 3. The van der Waals surface area contributed by atoms with Gasteiger partial charge in [0.2, 0.25) is 0 Å². The van der Waals surface area contributed by atoms with E-state index in [1.54, 1.807) is 36.0 Å². The summed E-state index contributed by atoms with van der Waals surface area (Å²) in [7, 11) is 3.88. The van der Waals surface area contributed by atoms with Gasteiger partial charge in [-0.1, -0.05) is 36.4 Å². The van der Waals surface area contributed by atoms with Gasteiger partial charge in [-0.15, -0.1) is 11.3 Å². The molecule has 0 aliphatic heterocycles. The van der Waals surface area contributed by atoms with Crippen molar-refractivity contribution in [2.75, 3.05) is 17.2 Å². The van der Waals surface area contributed by atoms with Gasteiger partial charge in [0.25, 0.3) is 11.8 Å². The predicted molar refractivity (Wildman–Crippen MR) is 242 cm³/mol. The standard InChI is InChI=1S/C48H40N8O6S/c1-54-41-15-9-31(19-34(41)23-50-54)26-56(27-32-10-16-42-35(20-32)24-51-55(42)2)18-17-30-7-12-36(13-8-30)52-46(58)38-14-11-33(48(60)61-28-37-25-49-29-63-37)21-40(38)53-47(59)45-22-43(57)39-5-3-4-6-44(39)62-45/h3-16,19-25,29H,17-18,26-28H2,1-2H3,(H,52,58)(H,53,59). The highest BCUT2D eigenvalue weighted by molar-refractivity contribution is 7.09. The number of hydrogen-bond donors (Lipinski definition) is 2. The van der Waals surface area contributed by atoms with E-state index in [9.17, 15) is 19.2 Å². The quantitative estimate of drug-likeness (QED) is 0.102. The number of fused-ring (bicyclic) bond motifs is 3. The molecule has 5 aromatic carbocycles. The van der Waals surface area contributed by atoms with Gasteiger partial charge in [0.05, 0.1) is 56.0 Å². The maximum absolute atomic E-state index is 13.9. The number of para-hydroxylation sites is 1. The highest BCUT2D eigenvalue weighted by Gasteiger charge is 2.21. The number of esters is 1. The molecule has 14 nitrogen and oxygen atoms in total. The number of nitrogens with one attached hydrogen (secondary N) is 2. The van der Waals surface area contributed by atoms with Gasteiger partial charge in [0, 0.05) is 62.5 Å². The Morgan fingerprint density at radius 1 is 0.746 bits per heavy atom. The van der Waals surface area contributed by atoms with Crippen LogP contribution in [0, 0.1) is 0 Å². The van der Waals surface area contributed by atoms with Gasteiger partial charge in [-0.25, -0.2) is 4.79 Å². The summed E-state index contributed by atoms with van der Waals surface area (Å²) in [4.78, 5) is 60.5. The fourth-order valence-corrected chi connectivity index (χ4v) is 8.01. The van der Waals surface area contributed by atoms with E-state index in [-0.39, 0.29) is 34.8 Å². The van der Waals surface area contributed by atoms with E-state index >= 15 is 0 Å². The molecule has 63 heavy (non-hydrogen) atoms. The average Bonchev–Trinajstić information content (AvgIpc) is 4.05. The third kappa shape index (κ3) is 9.15. The van der Waals surface area contributed by atoms with Crippen LogP contribution in [0.3, 0.4) is 0 Å². The number of anilines is 2. The van der Waals surface area contributed by atoms with Gasteiger partial charge in [-0.3, -0.25) is 33.6 Å². The first-order valence-corrected chi connectivity index (χ1v) is 21.0. The SMILES string of the molecule is Cn1ncc2cc(CN(CCc3ccc(NC(=O)c4ccc(C(=O)OCc5cncs5)cc4NC(=O)c4cc(=O)c5ccccc5o4)cc3)Cc3ccc4c(cnn4C)c3)ccc21. The van der Waals surface area contributed by atoms with E-state index in [0.29, 0.717) is 11.1 Å². The van der Waals surface area contributed by atoms with E-state index in [0.717, 1.165) is 64.4 Å². The molecule has 2 N–H and O–H groups in total. The summed E-state index contributed by atoms with van der Waals surface area (Å²) >= 11 is 1.34. The number of benzene rings is 5. The topological polar surface area (TPSA) is 166 Å². The zero-order chi connectivity index (χ0) is 43.5. The fraction of sp³-hybridized carbons (Fsp3) is 0.146. The number of amides is 2. The Labute approximate surface area is 364 Å². The van der Waals surface area contributed by atoms with Crippen molar-refractivity contribution in [3.63, 3.8) is 0 Å². The maximum Gasteiger partial charge on any atom is 0.338 e. The summed E-state index contributed by atoms with van der Waals surface area (Å²) in [5.74, 6) is -2.25. The lowest BCUT2D eigenvalue weighted by molar-refractivity contribution is 0.0476. The number of thiazole rings is 1. The smallest absolute Gasteiger partial charge is 0.338 e. The molecular weight excluding hydrogens is 817 g/mol. The molecular formula is C48H40N8O6S. The second-order valence-electron chi connectivity index (χ2n) is 15.2. The molecule has 9 aromatic rings. The summed E-state index contributed by atoms with van der Waals surface area (Å²) in [5.41, 5.74) is 7.79. The van der Waals surface area contributed by atoms with Crippen LogP contribution < -0.4 is 16.1 Å². The van der Waals surface area contributed by atoms with Crippen molar-refractivity contribution >= 4 is 73.3 Å². The normalized spacial score (nSPS) is 11.4. The van der Waals surface area contributed by atoms with E-state index in [1.807, 2.05) is 60.1 Å². The monoisotopic (exact) mass is 856 g/mol. The van der Waals surface area contributed by atoms with E-state index in [1.165, 1.54) is 40.7 Å². The molecule has 9 rings (SSSR count). The van der Waals surface area contributed by atoms with Crippen molar-refractivity contribution in [1.82, 2.24) is 29.4 Å². The van der Waals surface area contributed by atoms with Crippen molar-refractivity contribution in [1.29, 1.82) is 0 Å². The molecule has 0 saturated heterocycles. The molecule has 0 bridgehead atoms. The second-order valence-corrected chi connectivity index (χ2v) is 16.1. The molecule has 0 unspecified atom stereocenters. The number of aryl methyl sites for hydroxylation is 2. The van der Waals surface area contributed by atoms with E-state index in [2.05, 4.69) is 67.1 Å². The van der Waals surface area contributed by atoms with Gasteiger partial charge in [-0.2, -0.15) is 10.2 Å². The fourth-order valence-electron chi connectivity index (χ4n) is 7.50. The molecule has 0 aliphatic rings. The maximum atomic E-state index is 13.9. The summed E-state index contributed by atoms with van der Waals surface area (Å²) in [6.45, 7) is 2.24. The minimum absolute atomic E-state index is 0.00837. The lowest BCUT2D eigenvalue weighted by atomic mass is 10.1. The Morgan fingerprint density at radius 3 is 2.11 bits per heavy atom. The first-order valence-electron chi connectivity index (χ1n) is 20.1. The molecule has 15 heteroatoms. The summed E-state index contributed by atoms with van der Waals surface area (Å²) < 4.78 is 15.0. The van der Waals surface area contributed by atoms with Gasteiger partial charge in [0.1, 0.15) is 12.2 Å². The van der Waals surface area contributed by atoms with Crippen molar-refractivity contribution < 1.29 is 23.5 Å². The Balaban J connectivity index is 0.913. The van der Waals surface area contributed by atoms with E-state index in [4.69, 9.17) is 9.15 Å². The van der Waals surface area contributed by atoms with E-state index < -0.39 is 23.2 Å². The number of carbonyl (C=O) groups is 3.